The van der Waals surface area contributed by atoms with Crippen molar-refractivity contribution in [3.63, 3.8) is 0 Å². The summed E-state index contributed by atoms with van der Waals surface area (Å²) in [5.74, 6) is -1.88. The van der Waals surface area contributed by atoms with Gasteiger partial charge in [-0.1, -0.05) is 42.5 Å². The molecule has 2 unspecified atom stereocenters. The molecule has 3 aromatic carbocycles. The minimum absolute atomic E-state index is 0.0450. The Morgan fingerprint density at radius 1 is 0.957 bits per heavy atom. The number of nitrogens with zero attached hydrogens (tertiary/aromatic N) is 2. The van der Waals surface area contributed by atoms with Crippen LogP contribution in [0.2, 0.25) is 0 Å². The average Bonchev–Trinajstić information content (AvgIpc) is 3.60. The maximum atomic E-state index is 13.4. The Morgan fingerprint density at radius 3 is 2.54 bits per heavy atom. The molecule has 2 aromatic heterocycles. The fourth-order valence-corrected chi connectivity index (χ4v) is 5.89. The predicted octanol–water partition coefficient (Wildman–Crippen LogP) is 4.42. The van der Waals surface area contributed by atoms with Crippen molar-refractivity contribution in [2.45, 2.75) is 31.3 Å². The number of aromatic nitrogens is 1. The summed E-state index contributed by atoms with van der Waals surface area (Å²) in [6.45, 7) is 0. The number of hydrogen-bond donors (Lipinski definition) is 3. The van der Waals surface area contributed by atoms with Crippen LogP contribution in [0.15, 0.2) is 102 Å². The van der Waals surface area contributed by atoms with Gasteiger partial charge in [0.2, 0.25) is 17.7 Å². The van der Waals surface area contributed by atoms with E-state index in [0.717, 1.165) is 27.0 Å². The van der Waals surface area contributed by atoms with Crippen molar-refractivity contribution in [2.75, 3.05) is 5.32 Å². The molecule has 5 amide bonds. The summed E-state index contributed by atoms with van der Waals surface area (Å²) in [6, 6.07) is 23.7. The number of carbonyl (C=O) groups excluding carboxylic acids is 5. The van der Waals surface area contributed by atoms with Gasteiger partial charge in [-0.2, -0.15) is 0 Å². The SMILES string of the molecule is O=C1CCC(N2C(=O)c3cccc(Nc4ccc(CC(=O)NC(c5cccnc5)c5cc6ccccc6o5)cc4)c3C2=O)C(=O)N1. The van der Waals surface area contributed by atoms with E-state index in [0.29, 0.717) is 17.1 Å². The van der Waals surface area contributed by atoms with Gasteiger partial charge in [0, 0.05) is 35.5 Å². The maximum absolute atomic E-state index is 13.4. The van der Waals surface area contributed by atoms with Crippen molar-refractivity contribution < 1.29 is 28.4 Å². The lowest BCUT2D eigenvalue weighted by molar-refractivity contribution is -0.136. The van der Waals surface area contributed by atoms with E-state index in [1.54, 1.807) is 60.9 Å². The fraction of sp³-hybridized carbons (Fsp3) is 0.143. The number of nitrogens with one attached hydrogen (secondary N) is 3. The largest absolute Gasteiger partial charge is 0.459 e. The fourth-order valence-electron chi connectivity index (χ4n) is 5.89. The molecule has 0 bridgehead atoms. The van der Waals surface area contributed by atoms with Crippen molar-refractivity contribution >= 4 is 51.9 Å². The number of anilines is 2. The molecule has 0 spiro atoms. The van der Waals surface area contributed by atoms with E-state index in [2.05, 4.69) is 20.9 Å². The van der Waals surface area contributed by atoms with Crippen molar-refractivity contribution in [3.05, 3.63) is 125 Å². The van der Waals surface area contributed by atoms with Crippen molar-refractivity contribution in [3.8, 4) is 0 Å². The number of hydrogen-bond acceptors (Lipinski definition) is 8. The van der Waals surface area contributed by atoms with E-state index in [4.69, 9.17) is 4.42 Å². The third kappa shape index (κ3) is 5.38. The van der Waals surface area contributed by atoms with E-state index >= 15 is 0 Å². The number of benzene rings is 3. The van der Waals surface area contributed by atoms with Gasteiger partial charge in [0.15, 0.2) is 0 Å². The van der Waals surface area contributed by atoms with Crippen LogP contribution in [-0.2, 0) is 20.8 Å². The predicted molar refractivity (Wildman–Crippen MR) is 167 cm³/mol. The number of amides is 5. The normalized spacial score (nSPS) is 16.7. The van der Waals surface area contributed by atoms with Gasteiger partial charge in [0.25, 0.3) is 11.8 Å². The van der Waals surface area contributed by atoms with Gasteiger partial charge in [-0.25, -0.2) is 0 Å². The second kappa shape index (κ2) is 11.8. The highest BCUT2D eigenvalue weighted by molar-refractivity contribution is 6.25. The maximum Gasteiger partial charge on any atom is 0.264 e. The van der Waals surface area contributed by atoms with E-state index in [9.17, 15) is 24.0 Å². The summed E-state index contributed by atoms with van der Waals surface area (Å²) in [5.41, 5.74) is 3.64. The van der Waals surface area contributed by atoms with Crippen LogP contribution in [0, 0.1) is 0 Å². The van der Waals surface area contributed by atoms with E-state index in [1.165, 1.54) is 0 Å². The zero-order valence-electron chi connectivity index (χ0n) is 24.4. The van der Waals surface area contributed by atoms with E-state index in [-0.39, 0.29) is 36.3 Å². The molecule has 0 saturated carbocycles. The molecule has 2 aliphatic heterocycles. The first-order chi connectivity index (χ1) is 22.4. The molecule has 4 heterocycles. The number of piperidine rings is 1. The molecule has 3 N–H and O–H groups in total. The first-order valence-corrected chi connectivity index (χ1v) is 14.7. The van der Waals surface area contributed by atoms with Crippen LogP contribution in [0.25, 0.3) is 11.0 Å². The monoisotopic (exact) mass is 613 g/mol. The van der Waals surface area contributed by atoms with Gasteiger partial charge in [-0.3, -0.25) is 39.2 Å². The smallest absolute Gasteiger partial charge is 0.264 e. The molecule has 2 atom stereocenters. The number of rotatable bonds is 8. The van der Waals surface area contributed by atoms with Crippen LogP contribution < -0.4 is 16.0 Å². The molecule has 46 heavy (non-hydrogen) atoms. The number of fused-ring (bicyclic) bond motifs is 2. The average molecular weight is 614 g/mol. The summed E-state index contributed by atoms with van der Waals surface area (Å²) in [5, 5.41) is 9.41. The third-order valence-corrected chi connectivity index (χ3v) is 8.12. The van der Waals surface area contributed by atoms with Gasteiger partial charge in [-0.05, 0) is 54.4 Å². The van der Waals surface area contributed by atoms with Gasteiger partial charge >= 0.3 is 0 Å². The van der Waals surface area contributed by atoms with E-state index in [1.807, 2.05) is 36.4 Å². The number of carbonyl (C=O) groups is 5. The second-order valence-corrected chi connectivity index (χ2v) is 11.1. The quantitative estimate of drug-likeness (QED) is 0.218. The highest BCUT2D eigenvalue weighted by Crippen LogP contribution is 2.34. The summed E-state index contributed by atoms with van der Waals surface area (Å²) >= 11 is 0. The molecule has 0 aliphatic carbocycles. The Hall–Kier alpha value is -6.10. The topological polar surface area (TPSA) is 151 Å². The van der Waals surface area contributed by atoms with Crippen LogP contribution in [0.1, 0.15) is 56.5 Å². The van der Waals surface area contributed by atoms with Crippen LogP contribution in [0.4, 0.5) is 11.4 Å². The van der Waals surface area contributed by atoms with Crippen molar-refractivity contribution in [1.29, 1.82) is 0 Å². The molecule has 5 aromatic rings. The molecular formula is C35H27N5O6. The zero-order valence-corrected chi connectivity index (χ0v) is 24.4. The Labute approximate surface area is 262 Å². The van der Waals surface area contributed by atoms with Crippen molar-refractivity contribution in [1.82, 2.24) is 20.5 Å². The molecule has 1 saturated heterocycles. The van der Waals surface area contributed by atoms with Crippen LogP contribution in [0.5, 0.6) is 0 Å². The summed E-state index contributed by atoms with van der Waals surface area (Å²) in [4.78, 5) is 69.0. The number of imide groups is 2. The first kappa shape index (κ1) is 28.7. The Morgan fingerprint density at radius 2 is 1.78 bits per heavy atom. The minimum atomic E-state index is -1.05. The van der Waals surface area contributed by atoms with Crippen molar-refractivity contribution in [2.24, 2.45) is 0 Å². The lowest BCUT2D eigenvalue weighted by Gasteiger charge is -2.27. The lowest BCUT2D eigenvalue weighted by atomic mass is 10.0. The Kier molecular flexibility index (Phi) is 7.33. The molecule has 2 aliphatic rings. The van der Waals surface area contributed by atoms with Gasteiger partial charge in [-0.15, -0.1) is 0 Å². The Balaban J connectivity index is 1.05. The van der Waals surface area contributed by atoms with Gasteiger partial charge < -0.3 is 15.1 Å². The second-order valence-electron chi connectivity index (χ2n) is 11.1. The first-order valence-electron chi connectivity index (χ1n) is 14.7. The number of pyridine rings is 1. The molecular weight excluding hydrogens is 586 g/mol. The van der Waals surface area contributed by atoms with E-state index < -0.39 is 35.7 Å². The lowest BCUT2D eigenvalue weighted by Crippen LogP contribution is -2.54. The zero-order chi connectivity index (χ0) is 31.8. The molecule has 228 valence electrons. The summed E-state index contributed by atoms with van der Waals surface area (Å²) in [6.07, 6.45) is 3.59. The summed E-state index contributed by atoms with van der Waals surface area (Å²) < 4.78 is 6.07. The van der Waals surface area contributed by atoms with Gasteiger partial charge in [0.05, 0.1) is 23.2 Å². The van der Waals surface area contributed by atoms with Crippen LogP contribution >= 0.6 is 0 Å². The molecule has 11 heteroatoms. The number of para-hydroxylation sites is 1. The molecule has 11 nitrogen and oxygen atoms in total. The Bertz CT molecular complexity index is 1990. The molecule has 1 fully saturated rings. The molecule has 7 rings (SSSR count). The van der Waals surface area contributed by atoms with Crippen LogP contribution in [0.3, 0.4) is 0 Å². The molecule has 0 radical (unpaired) electrons. The highest BCUT2D eigenvalue weighted by atomic mass is 16.3. The minimum Gasteiger partial charge on any atom is -0.459 e. The van der Waals surface area contributed by atoms with Gasteiger partial charge in [0.1, 0.15) is 23.4 Å². The highest BCUT2D eigenvalue weighted by Gasteiger charge is 2.45. The third-order valence-electron chi connectivity index (χ3n) is 8.12. The standard InChI is InChI=1S/C35H27N5O6/c41-29-15-14-26(33(43)39-29)40-34(44)24-7-3-8-25(31(24)35(40)45)37-23-12-10-20(11-13-23)17-30(42)38-32(22-6-4-16-36-19-22)28-18-21-5-1-2-9-27(21)46-28/h1-13,16,18-19,26,32,37H,14-15,17H2,(H,38,42)(H,39,41,43). The number of furan rings is 1. The summed E-state index contributed by atoms with van der Waals surface area (Å²) in [7, 11) is 0. The van der Waals surface area contributed by atoms with Crippen LogP contribution in [-0.4, -0.2) is 45.5 Å².